The van der Waals surface area contributed by atoms with Gasteiger partial charge in [0.25, 0.3) is 5.91 Å². The van der Waals surface area contributed by atoms with Crippen molar-refractivity contribution < 1.29 is 14.3 Å². The van der Waals surface area contributed by atoms with Gasteiger partial charge in [0.15, 0.2) is 0 Å². The maximum atomic E-state index is 11.8. The second-order valence-electron chi connectivity index (χ2n) is 3.95. The standard InChI is InChI=1S/C12H18N4O3/c1-8(11(17)14-5-6-19-2)16-12(18)9-3-4-10(13)15-7-9/h3-4,7-8H,5-6H2,1-2H3,(H2,13,15)(H,14,17)(H,16,18). The predicted molar refractivity (Wildman–Crippen MR) is 70.5 cm³/mol. The van der Waals surface area contributed by atoms with E-state index < -0.39 is 6.04 Å². The third-order valence-electron chi connectivity index (χ3n) is 2.39. The Morgan fingerprint density at radius 1 is 1.47 bits per heavy atom. The molecule has 0 aliphatic heterocycles. The van der Waals surface area contributed by atoms with Crippen molar-refractivity contribution in [3.05, 3.63) is 23.9 Å². The van der Waals surface area contributed by atoms with Gasteiger partial charge in [0.2, 0.25) is 5.91 Å². The van der Waals surface area contributed by atoms with Crippen molar-refractivity contribution >= 4 is 17.6 Å². The van der Waals surface area contributed by atoms with Crippen LogP contribution in [0.1, 0.15) is 17.3 Å². The number of nitrogen functional groups attached to an aromatic ring is 1. The molecule has 1 atom stereocenters. The summed E-state index contributed by atoms with van der Waals surface area (Å²) in [6, 6.07) is 2.44. The van der Waals surface area contributed by atoms with Gasteiger partial charge in [-0.3, -0.25) is 9.59 Å². The molecule has 7 nitrogen and oxygen atoms in total. The van der Waals surface area contributed by atoms with Crippen LogP contribution in [0.3, 0.4) is 0 Å². The smallest absolute Gasteiger partial charge is 0.253 e. The Hall–Kier alpha value is -2.15. The van der Waals surface area contributed by atoms with Gasteiger partial charge in [-0.15, -0.1) is 0 Å². The third-order valence-corrected chi connectivity index (χ3v) is 2.39. The lowest BCUT2D eigenvalue weighted by atomic mass is 10.2. The summed E-state index contributed by atoms with van der Waals surface area (Å²) in [6.45, 7) is 2.43. The van der Waals surface area contributed by atoms with Crippen LogP contribution in [0.4, 0.5) is 5.82 Å². The topological polar surface area (TPSA) is 106 Å². The lowest BCUT2D eigenvalue weighted by Gasteiger charge is -2.13. The third kappa shape index (κ3) is 4.92. The number of amides is 2. The van der Waals surface area contributed by atoms with E-state index in [1.807, 2.05) is 0 Å². The monoisotopic (exact) mass is 266 g/mol. The molecule has 0 saturated carbocycles. The van der Waals surface area contributed by atoms with Crippen molar-refractivity contribution in [1.29, 1.82) is 0 Å². The van der Waals surface area contributed by atoms with Crippen LogP contribution in [0, 0.1) is 0 Å². The molecule has 0 fully saturated rings. The number of nitrogens with two attached hydrogens (primary N) is 1. The maximum absolute atomic E-state index is 11.8. The Bertz CT molecular complexity index is 433. The molecule has 2 amide bonds. The summed E-state index contributed by atoms with van der Waals surface area (Å²) in [5, 5.41) is 5.20. The van der Waals surface area contributed by atoms with E-state index in [1.165, 1.54) is 12.3 Å². The van der Waals surface area contributed by atoms with Crippen LogP contribution in [0.15, 0.2) is 18.3 Å². The van der Waals surface area contributed by atoms with Gasteiger partial charge in [-0.05, 0) is 19.1 Å². The number of carbonyl (C=O) groups excluding carboxylic acids is 2. The van der Waals surface area contributed by atoms with Gasteiger partial charge in [-0.1, -0.05) is 0 Å². The van der Waals surface area contributed by atoms with Gasteiger partial charge in [0.1, 0.15) is 11.9 Å². The van der Waals surface area contributed by atoms with E-state index in [0.29, 0.717) is 24.5 Å². The summed E-state index contributed by atoms with van der Waals surface area (Å²) < 4.78 is 4.81. The van der Waals surface area contributed by atoms with Crippen molar-refractivity contribution in [2.45, 2.75) is 13.0 Å². The highest BCUT2D eigenvalue weighted by Gasteiger charge is 2.16. The number of methoxy groups -OCH3 is 1. The summed E-state index contributed by atoms with van der Waals surface area (Å²) in [7, 11) is 1.55. The number of anilines is 1. The highest BCUT2D eigenvalue weighted by Crippen LogP contribution is 2.01. The molecule has 104 valence electrons. The molecule has 1 aromatic rings. The fourth-order valence-electron chi connectivity index (χ4n) is 1.31. The average molecular weight is 266 g/mol. The second-order valence-corrected chi connectivity index (χ2v) is 3.95. The molecule has 4 N–H and O–H groups in total. The van der Waals surface area contributed by atoms with Gasteiger partial charge in [0, 0.05) is 19.9 Å². The summed E-state index contributed by atoms with van der Waals surface area (Å²) in [6.07, 6.45) is 1.36. The predicted octanol–water partition coefficient (Wildman–Crippen LogP) is -0.455. The Kier molecular flexibility index (Phi) is 5.74. The molecule has 1 rings (SSSR count). The molecule has 0 aliphatic carbocycles. The van der Waals surface area contributed by atoms with E-state index in [9.17, 15) is 9.59 Å². The highest BCUT2D eigenvalue weighted by atomic mass is 16.5. The van der Waals surface area contributed by atoms with Crippen LogP contribution < -0.4 is 16.4 Å². The first kappa shape index (κ1) is 14.9. The molecule has 0 aliphatic rings. The summed E-state index contributed by atoms with van der Waals surface area (Å²) in [5.74, 6) is -0.308. The second kappa shape index (κ2) is 7.32. The van der Waals surface area contributed by atoms with Gasteiger partial charge in [0.05, 0.1) is 12.2 Å². The fraction of sp³-hybridized carbons (Fsp3) is 0.417. The number of aromatic nitrogens is 1. The Morgan fingerprint density at radius 3 is 2.79 bits per heavy atom. The van der Waals surface area contributed by atoms with Gasteiger partial charge >= 0.3 is 0 Å². The maximum Gasteiger partial charge on any atom is 0.253 e. The molecule has 7 heteroatoms. The lowest BCUT2D eigenvalue weighted by molar-refractivity contribution is -0.122. The number of pyridine rings is 1. The first-order valence-electron chi connectivity index (χ1n) is 5.83. The van der Waals surface area contributed by atoms with Crippen molar-refractivity contribution in [1.82, 2.24) is 15.6 Å². The summed E-state index contributed by atoms with van der Waals surface area (Å²) in [4.78, 5) is 27.2. The highest BCUT2D eigenvalue weighted by molar-refractivity contribution is 5.97. The Labute approximate surface area is 111 Å². The zero-order valence-electron chi connectivity index (χ0n) is 11.0. The number of nitrogens with one attached hydrogen (secondary N) is 2. The zero-order chi connectivity index (χ0) is 14.3. The van der Waals surface area contributed by atoms with Crippen molar-refractivity contribution in [2.75, 3.05) is 26.0 Å². The number of hydrogen-bond donors (Lipinski definition) is 3. The van der Waals surface area contributed by atoms with E-state index in [-0.39, 0.29) is 11.8 Å². The number of nitrogens with zero attached hydrogens (tertiary/aromatic N) is 1. The largest absolute Gasteiger partial charge is 0.384 e. The molecule has 19 heavy (non-hydrogen) atoms. The van der Waals surface area contributed by atoms with Crippen LogP contribution in [0.5, 0.6) is 0 Å². The molecule has 1 heterocycles. The van der Waals surface area contributed by atoms with Gasteiger partial charge in [-0.2, -0.15) is 0 Å². The van der Waals surface area contributed by atoms with Gasteiger partial charge in [-0.25, -0.2) is 4.98 Å². The van der Waals surface area contributed by atoms with Crippen LogP contribution >= 0.6 is 0 Å². The lowest BCUT2D eigenvalue weighted by Crippen LogP contribution is -2.45. The molecule has 1 aromatic heterocycles. The Morgan fingerprint density at radius 2 is 2.21 bits per heavy atom. The molecule has 0 spiro atoms. The summed E-state index contributed by atoms with van der Waals surface area (Å²) >= 11 is 0. The molecule has 0 aromatic carbocycles. The zero-order valence-corrected chi connectivity index (χ0v) is 11.0. The van der Waals surface area contributed by atoms with Crippen molar-refractivity contribution in [3.63, 3.8) is 0 Å². The fourth-order valence-corrected chi connectivity index (χ4v) is 1.31. The number of carbonyl (C=O) groups is 2. The van der Waals surface area contributed by atoms with Crippen LogP contribution in [-0.4, -0.2) is 43.1 Å². The minimum absolute atomic E-state index is 0.270. The first-order valence-corrected chi connectivity index (χ1v) is 5.83. The van der Waals surface area contributed by atoms with Gasteiger partial charge < -0.3 is 21.1 Å². The quantitative estimate of drug-likeness (QED) is 0.604. The average Bonchev–Trinajstić information content (AvgIpc) is 2.39. The van der Waals surface area contributed by atoms with Crippen molar-refractivity contribution in [3.8, 4) is 0 Å². The normalized spacial score (nSPS) is 11.7. The molecular formula is C12H18N4O3. The molecular weight excluding hydrogens is 248 g/mol. The van der Waals surface area contributed by atoms with E-state index in [2.05, 4.69) is 15.6 Å². The van der Waals surface area contributed by atoms with Crippen LogP contribution in [0.25, 0.3) is 0 Å². The SMILES string of the molecule is COCCNC(=O)C(C)NC(=O)c1ccc(N)nc1. The van der Waals surface area contributed by atoms with Crippen LogP contribution in [-0.2, 0) is 9.53 Å². The Balaban J connectivity index is 2.47. The number of hydrogen-bond acceptors (Lipinski definition) is 5. The molecule has 1 unspecified atom stereocenters. The van der Waals surface area contributed by atoms with Crippen LogP contribution in [0.2, 0.25) is 0 Å². The minimum atomic E-state index is -0.637. The van der Waals surface area contributed by atoms with Crippen molar-refractivity contribution in [2.24, 2.45) is 0 Å². The summed E-state index contributed by atoms with van der Waals surface area (Å²) in [5.41, 5.74) is 5.78. The minimum Gasteiger partial charge on any atom is -0.384 e. The molecule has 0 radical (unpaired) electrons. The van der Waals surface area contributed by atoms with E-state index in [1.54, 1.807) is 20.1 Å². The van der Waals surface area contributed by atoms with E-state index in [0.717, 1.165) is 0 Å². The van der Waals surface area contributed by atoms with E-state index in [4.69, 9.17) is 10.5 Å². The molecule has 0 bridgehead atoms. The molecule has 0 saturated heterocycles. The number of rotatable bonds is 6. The first-order chi connectivity index (χ1) is 9.04. The number of ether oxygens (including phenoxy) is 1. The van der Waals surface area contributed by atoms with E-state index >= 15 is 0 Å².